The van der Waals surface area contributed by atoms with Gasteiger partial charge in [0.15, 0.2) is 0 Å². The summed E-state index contributed by atoms with van der Waals surface area (Å²) in [6.45, 7) is 8.57. The SMILES string of the molecule is CC(C)(C)OC(=O)N1CC2(C1)c1[nH]c3c(c1C(=O)NC21CC1)CCc1cnc(Cl)cc1-3.O=C1NC2(CC2)C2(CNC2)c2[nH]c3c(c21)CCc1cnc(Cl)cc1-3. The van der Waals surface area contributed by atoms with Crippen LogP contribution in [-0.4, -0.2) is 85.6 Å². The monoisotopic (exact) mass is 780 g/mol. The Bertz CT molecular complexity index is 2410. The molecule has 4 fully saturated rings. The van der Waals surface area contributed by atoms with Crippen LogP contribution in [0.5, 0.6) is 0 Å². The van der Waals surface area contributed by atoms with Gasteiger partial charge in [-0.15, -0.1) is 0 Å². The second kappa shape index (κ2) is 10.9. The molecule has 4 aliphatic heterocycles. The third kappa shape index (κ3) is 4.58. The molecular formula is C41H42Cl2N8O4. The zero-order valence-corrected chi connectivity index (χ0v) is 32.5. The minimum absolute atomic E-state index is 0.00468. The Morgan fingerprint density at radius 3 is 1.65 bits per heavy atom. The number of likely N-dealkylation sites (tertiary alicyclic amines) is 1. The zero-order valence-electron chi connectivity index (χ0n) is 31.0. The maximum absolute atomic E-state index is 13.2. The maximum atomic E-state index is 13.2. The molecule has 12 rings (SSSR count). The Kier molecular flexibility index (Phi) is 6.73. The lowest BCUT2D eigenvalue weighted by Crippen LogP contribution is -2.73. The summed E-state index contributed by atoms with van der Waals surface area (Å²) in [5.74, 6) is 0.0936. The van der Waals surface area contributed by atoms with Gasteiger partial charge in [-0.3, -0.25) is 9.59 Å². The zero-order chi connectivity index (χ0) is 37.9. The summed E-state index contributed by atoms with van der Waals surface area (Å²) in [7, 11) is 0. The van der Waals surface area contributed by atoms with Crippen molar-refractivity contribution in [1.82, 2.24) is 40.8 Å². The number of aryl methyl sites for hydroxylation is 2. The van der Waals surface area contributed by atoms with Crippen molar-refractivity contribution in [2.75, 3.05) is 26.2 Å². The highest BCUT2D eigenvalue weighted by Crippen LogP contribution is 2.60. The molecule has 4 aliphatic carbocycles. The van der Waals surface area contributed by atoms with Gasteiger partial charge in [0.2, 0.25) is 0 Å². The van der Waals surface area contributed by atoms with Crippen LogP contribution in [0.1, 0.15) is 101 Å². The van der Waals surface area contributed by atoms with Crippen molar-refractivity contribution in [1.29, 1.82) is 0 Å². The fourth-order valence-electron chi connectivity index (χ4n) is 10.7. The molecule has 0 aromatic carbocycles. The number of ether oxygens (including phenoxy) is 1. The van der Waals surface area contributed by atoms with Gasteiger partial charge in [0.25, 0.3) is 11.8 Å². The minimum Gasteiger partial charge on any atom is -0.444 e. The Morgan fingerprint density at radius 2 is 1.22 bits per heavy atom. The van der Waals surface area contributed by atoms with Crippen molar-refractivity contribution in [2.24, 2.45) is 0 Å². The molecule has 4 aromatic heterocycles. The van der Waals surface area contributed by atoms with Gasteiger partial charge in [0.1, 0.15) is 15.9 Å². The molecule has 2 saturated heterocycles. The summed E-state index contributed by atoms with van der Waals surface area (Å²) < 4.78 is 5.58. The van der Waals surface area contributed by atoms with Crippen LogP contribution >= 0.6 is 23.2 Å². The van der Waals surface area contributed by atoms with Gasteiger partial charge in [-0.1, -0.05) is 23.2 Å². The van der Waals surface area contributed by atoms with Gasteiger partial charge in [-0.25, -0.2) is 14.8 Å². The number of hydrogen-bond acceptors (Lipinski definition) is 7. The molecule has 8 aliphatic rings. The molecule has 5 N–H and O–H groups in total. The van der Waals surface area contributed by atoms with Gasteiger partial charge in [-0.2, -0.15) is 0 Å². The molecule has 8 heterocycles. The van der Waals surface area contributed by atoms with Crippen LogP contribution < -0.4 is 16.0 Å². The number of nitrogens with zero attached hydrogens (tertiary/aromatic N) is 3. The van der Waals surface area contributed by atoms with Gasteiger partial charge in [0, 0.05) is 61.1 Å². The molecule has 0 radical (unpaired) electrons. The van der Waals surface area contributed by atoms with E-state index in [4.69, 9.17) is 27.9 Å². The first-order chi connectivity index (χ1) is 26.3. The summed E-state index contributed by atoms with van der Waals surface area (Å²) in [5.41, 5.74) is 11.4. The van der Waals surface area contributed by atoms with Crippen molar-refractivity contribution in [3.8, 4) is 22.5 Å². The number of aromatic nitrogens is 4. The van der Waals surface area contributed by atoms with E-state index in [1.165, 1.54) is 5.56 Å². The van der Waals surface area contributed by atoms with E-state index in [0.717, 1.165) is 126 Å². The summed E-state index contributed by atoms with van der Waals surface area (Å²) >= 11 is 12.3. The van der Waals surface area contributed by atoms with E-state index in [0.29, 0.717) is 23.4 Å². The van der Waals surface area contributed by atoms with Gasteiger partial charge in [-0.05, 0) is 107 Å². The Labute approximate surface area is 327 Å². The normalized spacial score (nSPS) is 22.7. The van der Waals surface area contributed by atoms with Crippen molar-refractivity contribution in [3.05, 3.63) is 79.6 Å². The Hall–Kier alpha value is -4.39. The van der Waals surface area contributed by atoms with E-state index >= 15 is 0 Å². The number of pyridine rings is 2. The highest BCUT2D eigenvalue weighted by atomic mass is 35.5. The van der Waals surface area contributed by atoms with Crippen molar-refractivity contribution in [2.45, 2.75) is 99.6 Å². The first-order valence-corrected chi connectivity index (χ1v) is 20.2. The standard InChI is InChI=1S/C23H25ClN4O3.C18H17ClN4O/c1-21(2,3)31-20(30)28-10-22(11-28)18-16(19(29)27-23(22)6-7-23)13-5-4-12-9-25-15(24)8-14(12)17(13)26-18;19-12-5-11-9(6-21-12)1-2-10-13-15(22-14(10)11)17(7-20-8-17)18(3-4-18)23-16(13)24/h8-9,26H,4-7,10-11H2,1-3H3,(H,27,29);5-6,20,22H,1-4,7-8H2,(H,23,24). The average molecular weight is 782 g/mol. The lowest BCUT2D eigenvalue weighted by atomic mass is 9.65. The topological polar surface area (TPSA) is 157 Å². The number of amides is 3. The third-order valence-electron chi connectivity index (χ3n) is 13.8. The second-order valence-corrected chi connectivity index (χ2v) is 18.7. The maximum Gasteiger partial charge on any atom is 0.410 e. The van der Waals surface area contributed by atoms with E-state index in [9.17, 15) is 14.4 Å². The number of rotatable bonds is 0. The highest BCUT2D eigenvalue weighted by molar-refractivity contribution is 6.30. The predicted octanol–water partition coefficient (Wildman–Crippen LogP) is 5.54. The quantitative estimate of drug-likeness (QED) is 0.147. The van der Waals surface area contributed by atoms with E-state index in [2.05, 4.69) is 35.9 Å². The number of halogens is 2. The molecule has 3 amide bonds. The molecule has 55 heavy (non-hydrogen) atoms. The Morgan fingerprint density at radius 1 is 0.745 bits per heavy atom. The fourth-order valence-corrected chi connectivity index (χ4v) is 11.0. The summed E-state index contributed by atoms with van der Waals surface area (Å²) in [6.07, 6.45) is 10.8. The van der Waals surface area contributed by atoms with Crippen LogP contribution in [0.2, 0.25) is 10.3 Å². The molecule has 0 unspecified atom stereocenters. The first-order valence-electron chi connectivity index (χ1n) is 19.4. The smallest absolute Gasteiger partial charge is 0.410 e. The third-order valence-corrected chi connectivity index (χ3v) is 14.2. The number of H-pyrrole nitrogens is 2. The van der Waals surface area contributed by atoms with E-state index in [1.54, 1.807) is 4.90 Å². The predicted molar refractivity (Wildman–Crippen MR) is 206 cm³/mol. The lowest BCUT2D eigenvalue weighted by Gasteiger charge is -2.56. The van der Waals surface area contributed by atoms with Crippen LogP contribution in [-0.2, 0) is 41.3 Å². The van der Waals surface area contributed by atoms with E-state index < -0.39 is 5.60 Å². The minimum atomic E-state index is -0.536. The van der Waals surface area contributed by atoms with Crippen LogP contribution in [0.4, 0.5) is 4.79 Å². The van der Waals surface area contributed by atoms with Crippen molar-refractivity contribution in [3.63, 3.8) is 0 Å². The molecule has 2 saturated carbocycles. The summed E-state index contributed by atoms with van der Waals surface area (Å²) in [4.78, 5) is 56.3. The van der Waals surface area contributed by atoms with Gasteiger partial charge in [0.05, 0.1) is 44.4 Å². The molecular weight excluding hydrogens is 739 g/mol. The molecule has 12 nitrogen and oxygen atoms in total. The lowest BCUT2D eigenvalue weighted by molar-refractivity contribution is -0.0240. The molecule has 14 heteroatoms. The van der Waals surface area contributed by atoms with Crippen LogP contribution in [0.3, 0.4) is 0 Å². The number of fused-ring (bicyclic) bond motifs is 14. The van der Waals surface area contributed by atoms with Crippen molar-refractivity contribution < 1.29 is 19.1 Å². The van der Waals surface area contributed by atoms with E-state index in [1.807, 2.05) is 45.3 Å². The molecule has 0 atom stereocenters. The van der Waals surface area contributed by atoms with Gasteiger partial charge < -0.3 is 35.6 Å². The largest absolute Gasteiger partial charge is 0.444 e. The van der Waals surface area contributed by atoms with Crippen LogP contribution in [0, 0.1) is 0 Å². The Balaban J connectivity index is 0.000000132. The molecule has 284 valence electrons. The number of carbonyl (C=O) groups is 3. The summed E-state index contributed by atoms with van der Waals surface area (Å²) in [6, 6.07) is 3.80. The number of hydrogen-bond donors (Lipinski definition) is 5. The van der Waals surface area contributed by atoms with Crippen LogP contribution in [0.25, 0.3) is 22.5 Å². The second-order valence-electron chi connectivity index (χ2n) is 18.0. The number of nitrogens with one attached hydrogen (secondary N) is 5. The molecule has 0 bridgehead atoms. The number of aromatic amines is 2. The molecule has 4 aromatic rings. The van der Waals surface area contributed by atoms with Crippen LogP contribution in [0.15, 0.2) is 24.5 Å². The van der Waals surface area contributed by atoms with Gasteiger partial charge >= 0.3 is 6.09 Å². The first kappa shape index (κ1) is 33.9. The number of carbonyl (C=O) groups excluding carboxylic acids is 3. The van der Waals surface area contributed by atoms with E-state index in [-0.39, 0.29) is 39.8 Å². The van der Waals surface area contributed by atoms with Crippen molar-refractivity contribution >= 4 is 41.1 Å². The average Bonchev–Trinajstić information content (AvgIpc) is 3.95. The highest BCUT2D eigenvalue weighted by Gasteiger charge is 2.71. The fraction of sp³-hybridized carbons (Fsp3) is 0.488. The molecule has 4 spiro atoms. The summed E-state index contributed by atoms with van der Waals surface area (Å²) in [5, 5.41) is 11.0.